The molecule has 3 heterocycles. The van der Waals surface area contributed by atoms with Gasteiger partial charge in [-0.15, -0.1) is 0 Å². The highest BCUT2D eigenvalue weighted by Gasteiger charge is 2.19. The molecular formula is C20H25N3O+2. The molecule has 0 saturated carbocycles. The normalized spacial score (nSPS) is 17.0. The number of allylic oxidation sites excluding steroid dienone is 2. The fourth-order valence-electron chi connectivity index (χ4n) is 2.91. The maximum Gasteiger partial charge on any atom is 0.213 e. The number of aryl methyl sites for hydroxylation is 2. The third-order valence-electron chi connectivity index (χ3n) is 4.34. The minimum Gasteiger partial charge on any atom is -0.354 e. The standard InChI is InChI=1S/C20H25N3O/c1-21-13-6-4-8-18(21)12-15-24-20-11-10-17(16-23(20)3)19-9-5-7-14-22(19)2/h4-11,13-14,16,20H,12,15H2,1-3H3/q+2. The van der Waals surface area contributed by atoms with Gasteiger partial charge >= 0.3 is 0 Å². The van der Waals surface area contributed by atoms with Gasteiger partial charge in [0.1, 0.15) is 20.3 Å². The summed E-state index contributed by atoms with van der Waals surface area (Å²) in [7, 11) is 6.18. The second-order valence-corrected chi connectivity index (χ2v) is 6.12. The Hall–Kier alpha value is -2.46. The van der Waals surface area contributed by atoms with Gasteiger partial charge in [0, 0.05) is 37.5 Å². The number of likely N-dealkylation sites (N-methyl/N-ethyl adjacent to an activating group) is 1. The molecule has 1 aliphatic heterocycles. The van der Waals surface area contributed by atoms with Crippen LogP contribution in [0.4, 0.5) is 0 Å². The number of rotatable bonds is 5. The zero-order valence-corrected chi connectivity index (χ0v) is 14.6. The average molecular weight is 323 g/mol. The van der Waals surface area contributed by atoms with Crippen molar-refractivity contribution in [2.24, 2.45) is 14.1 Å². The molecule has 1 atom stereocenters. The van der Waals surface area contributed by atoms with Crippen LogP contribution < -0.4 is 9.13 Å². The monoisotopic (exact) mass is 323 g/mol. The van der Waals surface area contributed by atoms with Crippen molar-refractivity contribution >= 4 is 5.57 Å². The molecular weight excluding hydrogens is 298 g/mol. The van der Waals surface area contributed by atoms with Gasteiger partial charge in [-0.1, -0.05) is 6.07 Å². The molecule has 0 spiro atoms. The van der Waals surface area contributed by atoms with E-state index >= 15 is 0 Å². The Bertz CT molecular complexity index is 767. The molecule has 24 heavy (non-hydrogen) atoms. The predicted octanol–water partition coefficient (Wildman–Crippen LogP) is 1.76. The largest absolute Gasteiger partial charge is 0.354 e. The van der Waals surface area contributed by atoms with Crippen LogP contribution in [-0.4, -0.2) is 24.8 Å². The molecule has 4 heteroatoms. The lowest BCUT2D eigenvalue weighted by atomic mass is 10.1. The van der Waals surface area contributed by atoms with Crippen molar-refractivity contribution in [1.29, 1.82) is 0 Å². The molecule has 3 rings (SSSR count). The van der Waals surface area contributed by atoms with E-state index in [9.17, 15) is 0 Å². The molecule has 0 N–H and O–H groups in total. The van der Waals surface area contributed by atoms with Crippen LogP contribution in [0.2, 0.25) is 0 Å². The lowest BCUT2D eigenvalue weighted by molar-refractivity contribution is -0.679. The molecule has 0 aliphatic carbocycles. The Labute approximate surface area is 143 Å². The predicted molar refractivity (Wildman–Crippen MR) is 93.6 cm³/mol. The quantitative estimate of drug-likeness (QED) is 0.782. The SMILES string of the molecule is CN1C=C(c2cccc[n+]2C)C=CC1OCCc1cccc[n+]1C. The fourth-order valence-corrected chi connectivity index (χ4v) is 2.91. The Morgan fingerprint density at radius 1 is 1.04 bits per heavy atom. The first-order valence-electron chi connectivity index (χ1n) is 8.27. The number of hydrogen-bond acceptors (Lipinski definition) is 2. The highest BCUT2D eigenvalue weighted by atomic mass is 16.5. The smallest absolute Gasteiger partial charge is 0.213 e. The van der Waals surface area contributed by atoms with Crippen molar-refractivity contribution in [2.45, 2.75) is 12.6 Å². The lowest BCUT2D eigenvalue weighted by Gasteiger charge is -2.27. The van der Waals surface area contributed by atoms with Gasteiger partial charge in [-0.25, -0.2) is 9.13 Å². The number of pyridine rings is 2. The van der Waals surface area contributed by atoms with E-state index in [4.69, 9.17) is 4.74 Å². The topological polar surface area (TPSA) is 20.2 Å². The van der Waals surface area contributed by atoms with Crippen LogP contribution in [-0.2, 0) is 25.3 Å². The molecule has 4 nitrogen and oxygen atoms in total. The highest BCUT2D eigenvalue weighted by Crippen LogP contribution is 2.19. The average Bonchev–Trinajstić information content (AvgIpc) is 2.58. The second-order valence-electron chi connectivity index (χ2n) is 6.12. The summed E-state index contributed by atoms with van der Waals surface area (Å²) >= 11 is 0. The van der Waals surface area contributed by atoms with Gasteiger partial charge in [0.2, 0.25) is 5.69 Å². The van der Waals surface area contributed by atoms with E-state index in [1.807, 2.05) is 12.1 Å². The molecule has 0 fully saturated rings. The van der Waals surface area contributed by atoms with Crippen molar-refractivity contribution in [3.05, 3.63) is 78.5 Å². The first-order valence-corrected chi connectivity index (χ1v) is 8.27. The molecule has 2 aromatic rings. The van der Waals surface area contributed by atoms with Gasteiger partial charge in [0.25, 0.3) is 0 Å². The minimum absolute atomic E-state index is 0.0169. The third kappa shape index (κ3) is 3.71. The summed E-state index contributed by atoms with van der Waals surface area (Å²) in [5.74, 6) is 0. The van der Waals surface area contributed by atoms with Crippen molar-refractivity contribution in [3.63, 3.8) is 0 Å². The van der Waals surface area contributed by atoms with E-state index in [-0.39, 0.29) is 6.23 Å². The van der Waals surface area contributed by atoms with Crippen molar-refractivity contribution in [3.8, 4) is 0 Å². The van der Waals surface area contributed by atoms with Gasteiger partial charge in [0.15, 0.2) is 18.1 Å². The van der Waals surface area contributed by atoms with Crippen LogP contribution in [0, 0.1) is 0 Å². The zero-order chi connectivity index (χ0) is 16.9. The van der Waals surface area contributed by atoms with Crippen LogP contribution in [0.3, 0.4) is 0 Å². The zero-order valence-electron chi connectivity index (χ0n) is 14.6. The van der Waals surface area contributed by atoms with E-state index < -0.39 is 0 Å². The summed E-state index contributed by atoms with van der Waals surface area (Å²) < 4.78 is 10.3. The summed E-state index contributed by atoms with van der Waals surface area (Å²) in [6, 6.07) is 12.5. The molecule has 0 aromatic carbocycles. The minimum atomic E-state index is -0.0169. The Morgan fingerprint density at radius 3 is 2.50 bits per heavy atom. The van der Waals surface area contributed by atoms with Gasteiger partial charge in [-0.05, 0) is 18.2 Å². The van der Waals surface area contributed by atoms with Gasteiger partial charge in [-0.2, -0.15) is 0 Å². The van der Waals surface area contributed by atoms with Crippen molar-refractivity contribution in [2.75, 3.05) is 13.7 Å². The maximum absolute atomic E-state index is 6.04. The van der Waals surface area contributed by atoms with Crippen molar-refractivity contribution in [1.82, 2.24) is 4.90 Å². The van der Waals surface area contributed by atoms with E-state index in [2.05, 4.69) is 90.2 Å². The first-order chi connectivity index (χ1) is 11.6. The summed E-state index contributed by atoms with van der Waals surface area (Å²) in [5, 5.41) is 0. The van der Waals surface area contributed by atoms with E-state index in [1.54, 1.807) is 0 Å². The molecule has 124 valence electrons. The molecule has 0 bridgehead atoms. The maximum atomic E-state index is 6.04. The Kier molecular flexibility index (Phi) is 5.06. The number of ether oxygens (including phenoxy) is 1. The first kappa shape index (κ1) is 16.4. The Morgan fingerprint density at radius 2 is 1.79 bits per heavy atom. The van der Waals surface area contributed by atoms with Crippen LogP contribution in [0.15, 0.2) is 67.1 Å². The van der Waals surface area contributed by atoms with E-state index in [0.29, 0.717) is 6.61 Å². The summed E-state index contributed by atoms with van der Waals surface area (Å²) in [6.45, 7) is 0.694. The molecule has 1 aliphatic rings. The van der Waals surface area contributed by atoms with E-state index in [0.717, 1.165) is 6.42 Å². The third-order valence-corrected chi connectivity index (χ3v) is 4.34. The summed E-state index contributed by atoms with van der Waals surface area (Å²) in [4.78, 5) is 2.12. The van der Waals surface area contributed by atoms with E-state index in [1.165, 1.54) is 17.0 Å². The molecule has 0 radical (unpaired) electrons. The van der Waals surface area contributed by atoms with Gasteiger partial charge < -0.3 is 9.64 Å². The summed E-state index contributed by atoms with van der Waals surface area (Å²) in [6.07, 6.45) is 11.4. The van der Waals surface area contributed by atoms with Crippen molar-refractivity contribution < 1.29 is 13.9 Å². The number of nitrogens with zero attached hydrogens (tertiary/aromatic N) is 3. The van der Waals surface area contributed by atoms with Gasteiger partial charge in [0.05, 0.1) is 18.6 Å². The molecule has 2 aromatic heterocycles. The van der Waals surface area contributed by atoms with Gasteiger partial charge in [-0.3, -0.25) is 0 Å². The van der Waals surface area contributed by atoms with Crippen LogP contribution in [0.25, 0.3) is 5.57 Å². The van der Waals surface area contributed by atoms with Crippen LogP contribution in [0.1, 0.15) is 11.4 Å². The Balaban J connectivity index is 1.59. The molecule has 0 saturated heterocycles. The lowest BCUT2D eigenvalue weighted by Crippen LogP contribution is -2.36. The van der Waals surface area contributed by atoms with Crippen LogP contribution >= 0.6 is 0 Å². The molecule has 0 amide bonds. The highest BCUT2D eigenvalue weighted by molar-refractivity contribution is 5.70. The fraction of sp³-hybridized carbons (Fsp3) is 0.300. The summed E-state index contributed by atoms with van der Waals surface area (Å²) in [5.41, 5.74) is 3.65. The number of hydrogen-bond donors (Lipinski definition) is 0. The van der Waals surface area contributed by atoms with Crippen LogP contribution in [0.5, 0.6) is 0 Å². The second kappa shape index (κ2) is 7.41. The number of aromatic nitrogens is 2. The molecule has 1 unspecified atom stereocenters.